The van der Waals surface area contributed by atoms with E-state index in [0.717, 1.165) is 75.7 Å². The van der Waals surface area contributed by atoms with Crippen molar-refractivity contribution in [2.45, 2.75) is 212 Å². The number of carbonyl (C=O) groups is 3. The minimum Gasteiger partial charge on any atom is -0.756 e. The van der Waals surface area contributed by atoms with E-state index in [4.69, 9.17) is 18.5 Å². The van der Waals surface area contributed by atoms with Crippen LogP contribution in [-0.4, -0.2) is 98.6 Å². The third kappa shape index (κ3) is 27.2. The van der Waals surface area contributed by atoms with Crippen LogP contribution in [0.2, 0.25) is 0 Å². The van der Waals surface area contributed by atoms with Crippen molar-refractivity contribution in [3.63, 3.8) is 0 Å². The first-order chi connectivity index (χ1) is 27.8. The number of unbranched alkanes of at least 4 members (excludes halogenated alkanes) is 20. The molecule has 3 atom stereocenters. The number of carbonyl (C=O) groups excluding carboxylic acids is 3. The largest absolute Gasteiger partial charge is 0.756 e. The predicted molar refractivity (Wildman–Crippen MR) is 232 cm³/mol. The Labute approximate surface area is 359 Å². The summed E-state index contributed by atoms with van der Waals surface area (Å²) in [6.07, 6.45) is 24.4. The smallest absolute Gasteiger partial charge is 0.306 e. The molecule has 0 spiro atoms. The van der Waals surface area contributed by atoms with Crippen LogP contribution >= 0.6 is 7.82 Å². The summed E-state index contributed by atoms with van der Waals surface area (Å²) in [5.41, 5.74) is -1.25. The van der Waals surface area contributed by atoms with Gasteiger partial charge in [0.1, 0.15) is 19.8 Å². The Balaban J connectivity index is 2.29. The predicted octanol–water partition coefficient (Wildman–Crippen LogP) is 9.37. The lowest BCUT2D eigenvalue weighted by Crippen LogP contribution is -2.49. The number of esters is 2. The molecule has 0 aromatic carbocycles. The highest BCUT2D eigenvalue weighted by atomic mass is 31.2. The van der Waals surface area contributed by atoms with E-state index in [2.05, 4.69) is 12.2 Å². The number of hydrogen-bond acceptors (Lipinski definition) is 10. The fourth-order valence-corrected chi connectivity index (χ4v) is 8.41. The summed E-state index contributed by atoms with van der Waals surface area (Å²) in [6, 6.07) is 0. The second kappa shape index (κ2) is 30.4. The maximum atomic E-state index is 12.8. The van der Waals surface area contributed by atoms with E-state index in [1.165, 1.54) is 64.2 Å². The maximum absolute atomic E-state index is 12.8. The van der Waals surface area contributed by atoms with Crippen LogP contribution in [0.5, 0.6) is 0 Å². The number of likely N-dealkylation sites (N-methyl/N-ethyl adjacent to an activating group) is 1. The summed E-state index contributed by atoms with van der Waals surface area (Å²) >= 11 is 0. The number of phosphoric ester groups is 1. The minimum atomic E-state index is -4.65. The highest BCUT2D eigenvalue weighted by Gasteiger charge is 2.55. The number of nitrogens with zero attached hydrogens (tertiary/aromatic N) is 2. The lowest BCUT2D eigenvalue weighted by molar-refractivity contribution is -0.870. The molecule has 347 valence electrons. The summed E-state index contributed by atoms with van der Waals surface area (Å²) in [5.74, 6) is -1.24. The Morgan fingerprint density at radius 1 is 0.712 bits per heavy atom. The van der Waals surface area contributed by atoms with Gasteiger partial charge in [-0.25, -0.2) is 0 Å². The normalized spacial score (nSPS) is 18.0. The van der Waals surface area contributed by atoms with Crippen LogP contribution in [0.15, 0.2) is 0 Å². The summed E-state index contributed by atoms with van der Waals surface area (Å²) in [7, 11) is 1.10. The summed E-state index contributed by atoms with van der Waals surface area (Å²) in [5, 5.41) is 16.7. The molecule has 0 saturated carbocycles. The van der Waals surface area contributed by atoms with Crippen molar-refractivity contribution < 1.29 is 52.1 Å². The van der Waals surface area contributed by atoms with Crippen LogP contribution in [0.3, 0.4) is 0 Å². The van der Waals surface area contributed by atoms with E-state index in [-0.39, 0.29) is 37.9 Å². The molecule has 1 saturated heterocycles. The molecule has 13 nitrogen and oxygen atoms in total. The lowest BCUT2D eigenvalue weighted by atomic mass is 9.86. The van der Waals surface area contributed by atoms with Gasteiger partial charge in [-0.2, -0.15) is 0 Å². The number of phosphoric acid groups is 1. The van der Waals surface area contributed by atoms with Gasteiger partial charge in [-0.05, 0) is 53.4 Å². The fraction of sp³-hybridized carbons (Fsp3) is 0.933. The molecule has 1 amide bonds. The first-order valence-corrected chi connectivity index (χ1v) is 24.8. The second-order valence-electron chi connectivity index (χ2n) is 19.1. The Morgan fingerprint density at radius 3 is 1.63 bits per heavy atom. The molecule has 0 aromatic heterocycles. The van der Waals surface area contributed by atoms with Gasteiger partial charge in [0.2, 0.25) is 5.91 Å². The number of amides is 1. The zero-order valence-corrected chi connectivity index (χ0v) is 39.7. The average Bonchev–Trinajstić information content (AvgIpc) is 3.32. The number of nitrogens with one attached hydrogen (secondary N) is 1. The molecular formula is C45H87N3O10P. The molecule has 1 N–H and O–H groups in total. The van der Waals surface area contributed by atoms with Crippen molar-refractivity contribution in [1.82, 2.24) is 10.4 Å². The second-order valence-corrected chi connectivity index (χ2v) is 20.5. The molecule has 2 unspecified atom stereocenters. The third-order valence-electron chi connectivity index (χ3n) is 11.4. The SMILES string of the molecule is CCCCCCCCCCCCCCCC(=O)OC[C@H](COP(=O)([O-])OCC[N+](C)(C)C)OC(=O)CCCCCCCCCCCNC(=O)C1CC(C)(C)N([O])C1(C)C. The topological polar surface area (TPSA) is 163 Å². The molecule has 1 radical (unpaired) electrons. The van der Waals surface area contributed by atoms with Gasteiger partial charge in [-0.1, -0.05) is 129 Å². The summed E-state index contributed by atoms with van der Waals surface area (Å²) < 4.78 is 33.9. The Morgan fingerprint density at radius 2 is 1.17 bits per heavy atom. The Hall–Kier alpha value is -1.60. The van der Waals surface area contributed by atoms with Crippen molar-refractivity contribution in [3.8, 4) is 0 Å². The summed E-state index contributed by atoms with van der Waals surface area (Å²) in [6.45, 7) is 9.97. The molecule has 0 aromatic rings. The maximum Gasteiger partial charge on any atom is 0.306 e. The molecule has 0 bridgehead atoms. The van der Waals surface area contributed by atoms with E-state index in [0.29, 0.717) is 30.4 Å². The molecular weight excluding hydrogens is 773 g/mol. The fourth-order valence-electron chi connectivity index (χ4n) is 7.68. The van der Waals surface area contributed by atoms with E-state index in [1.807, 2.05) is 48.8 Å². The number of ether oxygens (including phenoxy) is 2. The van der Waals surface area contributed by atoms with Gasteiger partial charge in [0.25, 0.3) is 7.82 Å². The van der Waals surface area contributed by atoms with E-state index in [9.17, 15) is 29.0 Å². The van der Waals surface area contributed by atoms with Crippen LogP contribution in [-0.2, 0) is 42.7 Å². The van der Waals surface area contributed by atoms with E-state index in [1.54, 1.807) is 0 Å². The molecule has 0 aliphatic carbocycles. The number of hydroxylamine groups is 2. The number of rotatable bonds is 37. The Bertz CT molecular complexity index is 1190. The standard InChI is InChI=1S/C45H87N3O10P/c1-9-10-11-12-13-14-15-16-17-19-22-25-28-31-41(49)55-37-39(38-57-59(53,54)56-35-34-48(6,7)8)58-42(50)32-29-26-23-20-18-21-24-27-30-33-46-43(51)40-36-44(2,3)47(52)45(40,4)5/h39-40H,9-38H2,1-8H3,(H-,46,51,53,54)/t39-,40?/m1/s1. The summed E-state index contributed by atoms with van der Waals surface area (Å²) in [4.78, 5) is 50.4. The van der Waals surface area contributed by atoms with Crippen molar-refractivity contribution in [1.29, 1.82) is 0 Å². The lowest BCUT2D eigenvalue weighted by Gasteiger charge is -2.33. The molecule has 1 aliphatic heterocycles. The van der Waals surface area contributed by atoms with E-state index >= 15 is 0 Å². The van der Waals surface area contributed by atoms with E-state index < -0.39 is 43.6 Å². The zero-order valence-electron chi connectivity index (χ0n) is 38.8. The van der Waals surface area contributed by atoms with Gasteiger partial charge >= 0.3 is 11.9 Å². The van der Waals surface area contributed by atoms with Gasteiger partial charge in [0.15, 0.2) is 6.10 Å². The molecule has 14 heteroatoms. The van der Waals surface area contributed by atoms with Crippen molar-refractivity contribution in [2.24, 2.45) is 5.92 Å². The van der Waals surface area contributed by atoms with Crippen LogP contribution in [0.4, 0.5) is 0 Å². The van der Waals surface area contributed by atoms with Gasteiger partial charge in [0, 0.05) is 24.9 Å². The van der Waals surface area contributed by atoms with Gasteiger partial charge < -0.3 is 33.2 Å². The van der Waals surface area contributed by atoms with Crippen LogP contribution in [0.25, 0.3) is 0 Å². The first kappa shape index (κ1) is 55.4. The molecule has 1 rings (SSSR count). The first-order valence-electron chi connectivity index (χ1n) is 23.3. The molecule has 1 aliphatic rings. The van der Waals surface area contributed by atoms with Crippen molar-refractivity contribution >= 4 is 25.7 Å². The number of hydrogen-bond donors (Lipinski definition) is 1. The molecule has 1 heterocycles. The van der Waals surface area contributed by atoms with Gasteiger partial charge in [0.05, 0.1) is 39.2 Å². The van der Waals surface area contributed by atoms with Gasteiger partial charge in [-0.15, -0.1) is 10.3 Å². The van der Waals surface area contributed by atoms with Gasteiger partial charge in [-0.3, -0.25) is 18.9 Å². The van der Waals surface area contributed by atoms with Crippen molar-refractivity contribution in [2.75, 3.05) is 54.1 Å². The number of quaternary nitrogens is 1. The quantitative estimate of drug-likeness (QED) is 0.0276. The Kier molecular flexibility index (Phi) is 28.6. The third-order valence-corrected chi connectivity index (χ3v) is 12.4. The monoisotopic (exact) mass is 861 g/mol. The minimum absolute atomic E-state index is 0.0302. The van der Waals surface area contributed by atoms with Crippen LogP contribution in [0.1, 0.15) is 195 Å². The highest BCUT2D eigenvalue weighted by molar-refractivity contribution is 7.45. The molecule has 1 fully saturated rings. The van der Waals surface area contributed by atoms with Crippen LogP contribution < -0.4 is 10.2 Å². The zero-order chi connectivity index (χ0) is 44.2. The van der Waals surface area contributed by atoms with Crippen LogP contribution in [0, 0.1) is 5.92 Å². The molecule has 59 heavy (non-hydrogen) atoms. The average molecular weight is 861 g/mol. The highest BCUT2D eigenvalue weighted by Crippen LogP contribution is 2.44. The van der Waals surface area contributed by atoms with Crippen molar-refractivity contribution in [3.05, 3.63) is 0 Å².